The fourth-order valence-corrected chi connectivity index (χ4v) is 9.49. The van der Waals surface area contributed by atoms with Gasteiger partial charge in [0.2, 0.25) is 0 Å². The summed E-state index contributed by atoms with van der Waals surface area (Å²) in [5.41, 5.74) is 1.79. The lowest BCUT2D eigenvalue weighted by atomic mass is 9.44. The SMILES string of the molecule is CC(=O)O[C@@H](C/C=C(\C)C(=O)O)[C@@H](C)[C@H]1C[C@H](O)[C@@]2(C)C3=CC[C@H]4C(C)(C)[C@H](OC(C)=O)CC[C@]4(C)C3=CC[C@]12C. The van der Waals surface area contributed by atoms with Gasteiger partial charge in [-0.15, -0.1) is 0 Å². The van der Waals surface area contributed by atoms with Crippen LogP contribution in [0.15, 0.2) is 34.9 Å². The van der Waals surface area contributed by atoms with Crippen molar-refractivity contribution < 1.29 is 34.1 Å². The van der Waals surface area contributed by atoms with Crippen LogP contribution in [-0.4, -0.2) is 46.4 Å². The number of fused-ring (bicyclic) bond motifs is 5. The minimum absolute atomic E-state index is 0.0609. The number of ether oxygens (including phenoxy) is 2. The van der Waals surface area contributed by atoms with Gasteiger partial charge in [0.15, 0.2) is 0 Å². The van der Waals surface area contributed by atoms with E-state index in [1.807, 2.05) is 0 Å². The molecule has 4 rings (SSSR count). The number of aliphatic hydroxyl groups is 1. The van der Waals surface area contributed by atoms with Crippen LogP contribution in [0.2, 0.25) is 0 Å². The lowest BCUT2D eigenvalue weighted by Gasteiger charge is -2.61. The van der Waals surface area contributed by atoms with Gasteiger partial charge in [0.05, 0.1) is 6.10 Å². The fourth-order valence-electron chi connectivity index (χ4n) is 9.49. The van der Waals surface area contributed by atoms with E-state index in [1.54, 1.807) is 13.0 Å². The number of aliphatic hydroxyl groups excluding tert-OH is 1. The van der Waals surface area contributed by atoms with E-state index in [1.165, 1.54) is 25.0 Å². The van der Waals surface area contributed by atoms with Crippen molar-refractivity contribution in [1.29, 1.82) is 0 Å². The summed E-state index contributed by atoms with van der Waals surface area (Å²) in [7, 11) is 0. The molecule has 4 aliphatic carbocycles. The molecule has 0 unspecified atom stereocenters. The van der Waals surface area contributed by atoms with Crippen molar-refractivity contribution in [2.24, 2.45) is 39.4 Å². The summed E-state index contributed by atoms with van der Waals surface area (Å²) in [4.78, 5) is 35.4. The first-order valence-electron chi connectivity index (χ1n) is 15.3. The molecular formula is C34H50O7. The van der Waals surface area contributed by atoms with Crippen LogP contribution in [0.5, 0.6) is 0 Å². The van der Waals surface area contributed by atoms with Gasteiger partial charge in [-0.05, 0) is 78.8 Å². The second-order valence-corrected chi connectivity index (χ2v) is 14.5. The molecule has 2 fully saturated rings. The number of hydrogen-bond donors (Lipinski definition) is 2. The molecule has 0 saturated heterocycles. The fraction of sp³-hybridized carbons (Fsp3) is 0.735. The van der Waals surface area contributed by atoms with E-state index in [2.05, 4.69) is 53.7 Å². The molecule has 7 nitrogen and oxygen atoms in total. The molecular weight excluding hydrogens is 520 g/mol. The Morgan fingerprint density at radius 3 is 2.29 bits per heavy atom. The van der Waals surface area contributed by atoms with Gasteiger partial charge in [0, 0.05) is 36.7 Å². The maximum Gasteiger partial charge on any atom is 0.330 e. The summed E-state index contributed by atoms with van der Waals surface area (Å²) in [5.74, 6) is -1.32. The molecule has 0 aromatic heterocycles. The molecule has 228 valence electrons. The zero-order valence-electron chi connectivity index (χ0n) is 26.4. The number of hydrogen-bond acceptors (Lipinski definition) is 6. The molecule has 4 aliphatic rings. The molecule has 2 saturated carbocycles. The Hall–Kier alpha value is -2.41. The number of carboxylic acid groups (broad SMARTS) is 1. The Morgan fingerprint density at radius 2 is 1.71 bits per heavy atom. The van der Waals surface area contributed by atoms with E-state index in [4.69, 9.17) is 9.47 Å². The molecule has 0 bridgehead atoms. The van der Waals surface area contributed by atoms with E-state index in [0.29, 0.717) is 18.8 Å². The number of rotatable bonds is 7. The average molecular weight is 571 g/mol. The second-order valence-electron chi connectivity index (χ2n) is 14.5. The predicted octanol–water partition coefficient (Wildman–Crippen LogP) is 6.40. The summed E-state index contributed by atoms with van der Waals surface area (Å²) in [6, 6.07) is 0. The van der Waals surface area contributed by atoms with Gasteiger partial charge in [-0.2, -0.15) is 0 Å². The smallest absolute Gasteiger partial charge is 0.330 e. The number of carbonyl (C=O) groups excluding carboxylic acids is 2. The normalized spacial score (nSPS) is 39.2. The maximum absolute atomic E-state index is 12.1. The van der Waals surface area contributed by atoms with Crippen molar-refractivity contribution in [3.63, 3.8) is 0 Å². The first-order chi connectivity index (χ1) is 18.9. The molecule has 0 amide bonds. The minimum atomic E-state index is -0.985. The van der Waals surface area contributed by atoms with Gasteiger partial charge >= 0.3 is 17.9 Å². The number of allylic oxidation sites excluding steroid dienone is 3. The van der Waals surface area contributed by atoms with E-state index < -0.39 is 23.6 Å². The van der Waals surface area contributed by atoms with Crippen molar-refractivity contribution >= 4 is 17.9 Å². The van der Waals surface area contributed by atoms with Crippen molar-refractivity contribution in [1.82, 2.24) is 0 Å². The number of carbonyl (C=O) groups is 3. The summed E-state index contributed by atoms with van der Waals surface area (Å²) in [6.45, 7) is 17.8. The summed E-state index contributed by atoms with van der Waals surface area (Å²) in [5, 5.41) is 21.2. The van der Waals surface area contributed by atoms with Crippen LogP contribution in [0.1, 0.15) is 101 Å². The topological polar surface area (TPSA) is 110 Å². The quantitative estimate of drug-likeness (QED) is 0.269. The summed E-state index contributed by atoms with van der Waals surface area (Å²) >= 11 is 0. The zero-order chi connectivity index (χ0) is 30.7. The maximum atomic E-state index is 12.1. The zero-order valence-corrected chi connectivity index (χ0v) is 26.4. The molecule has 0 aliphatic heterocycles. The van der Waals surface area contributed by atoms with Crippen LogP contribution in [0.4, 0.5) is 0 Å². The first kappa shape index (κ1) is 31.5. The third kappa shape index (κ3) is 4.90. The first-order valence-corrected chi connectivity index (χ1v) is 15.3. The van der Waals surface area contributed by atoms with E-state index in [0.717, 1.165) is 25.7 Å². The van der Waals surface area contributed by atoms with Crippen LogP contribution in [0, 0.1) is 39.4 Å². The third-order valence-electron chi connectivity index (χ3n) is 12.2. The van der Waals surface area contributed by atoms with Gasteiger partial charge < -0.3 is 19.7 Å². The Labute approximate surface area is 245 Å². The number of carboxylic acids is 1. The lowest BCUT2D eigenvalue weighted by molar-refractivity contribution is -0.165. The van der Waals surface area contributed by atoms with Gasteiger partial charge in [0.25, 0.3) is 0 Å². The highest BCUT2D eigenvalue weighted by Crippen LogP contribution is 2.72. The predicted molar refractivity (Wildman–Crippen MR) is 157 cm³/mol. The molecule has 0 spiro atoms. The lowest BCUT2D eigenvalue weighted by Crippen LogP contribution is -2.56. The van der Waals surface area contributed by atoms with Gasteiger partial charge in [-0.1, -0.05) is 59.8 Å². The van der Waals surface area contributed by atoms with Gasteiger partial charge in [0.1, 0.15) is 12.2 Å². The molecule has 0 aromatic carbocycles. The standard InChI is InChI=1S/C34H50O7/c1-19(30(38)39)10-12-26(40-21(3)35)20(2)25-18-28(37)34(9)24-11-13-27-31(5,6)29(41-22(4)36)15-16-32(27,7)23(24)14-17-33(25,34)8/h10-11,14,20,25-29,37H,12-13,15-18H2,1-9H3,(H,38,39)/b19-10+/t20-,25+,26-,27-,28-,29+,32+,33+,34+/m0/s1. The second kappa shape index (κ2) is 10.7. The van der Waals surface area contributed by atoms with E-state index >= 15 is 0 Å². The molecule has 0 aromatic rings. The van der Waals surface area contributed by atoms with Gasteiger partial charge in [-0.25, -0.2) is 4.79 Å². The van der Waals surface area contributed by atoms with Crippen molar-refractivity contribution in [3.8, 4) is 0 Å². The van der Waals surface area contributed by atoms with Crippen molar-refractivity contribution in [3.05, 3.63) is 34.9 Å². The van der Waals surface area contributed by atoms with Crippen molar-refractivity contribution in [2.45, 2.75) is 119 Å². The highest BCUT2D eigenvalue weighted by Gasteiger charge is 2.67. The number of esters is 2. The van der Waals surface area contributed by atoms with Crippen LogP contribution in [-0.2, 0) is 23.9 Å². The highest BCUT2D eigenvalue weighted by molar-refractivity contribution is 5.85. The Balaban J connectivity index is 1.70. The third-order valence-corrected chi connectivity index (χ3v) is 12.2. The largest absolute Gasteiger partial charge is 0.478 e. The van der Waals surface area contributed by atoms with E-state index in [-0.39, 0.29) is 51.7 Å². The molecule has 9 atom stereocenters. The summed E-state index contributed by atoms with van der Waals surface area (Å²) in [6.07, 6.45) is 9.56. The Bertz CT molecular complexity index is 1190. The number of aliphatic carboxylic acids is 1. The Morgan fingerprint density at radius 1 is 1.05 bits per heavy atom. The molecule has 7 heteroatoms. The molecule has 0 radical (unpaired) electrons. The highest BCUT2D eigenvalue weighted by atomic mass is 16.5. The average Bonchev–Trinajstić information content (AvgIpc) is 3.08. The van der Waals surface area contributed by atoms with E-state index in [9.17, 15) is 24.6 Å². The van der Waals surface area contributed by atoms with Crippen LogP contribution < -0.4 is 0 Å². The monoisotopic (exact) mass is 570 g/mol. The molecule has 41 heavy (non-hydrogen) atoms. The summed E-state index contributed by atoms with van der Waals surface area (Å²) < 4.78 is 11.6. The minimum Gasteiger partial charge on any atom is -0.478 e. The molecule has 0 heterocycles. The van der Waals surface area contributed by atoms with Crippen LogP contribution in [0.25, 0.3) is 0 Å². The Kier molecular flexibility index (Phi) is 8.22. The van der Waals surface area contributed by atoms with Crippen molar-refractivity contribution in [2.75, 3.05) is 0 Å². The molecule has 2 N–H and O–H groups in total. The van der Waals surface area contributed by atoms with Gasteiger partial charge in [-0.3, -0.25) is 9.59 Å². The van der Waals surface area contributed by atoms with Crippen LogP contribution in [0.3, 0.4) is 0 Å². The van der Waals surface area contributed by atoms with Crippen LogP contribution >= 0.6 is 0 Å².